The van der Waals surface area contributed by atoms with Crippen molar-refractivity contribution in [1.82, 2.24) is 10.3 Å². The van der Waals surface area contributed by atoms with E-state index in [2.05, 4.69) is 57.6 Å². The van der Waals surface area contributed by atoms with Gasteiger partial charge in [0.15, 0.2) is 0 Å². The van der Waals surface area contributed by atoms with Crippen molar-refractivity contribution in [3.8, 4) is 0 Å². The average Bonchev–Trinajstić information content (AvgIpc) is 2.74. The number of hydrogen-bond acceptors (Lipinski definition) is 3. The van der Waals surface area contributed by atoms with Crippen LogP contribution in [0.2, 0.25) is 0 Å². The molecule has 17 heavy (non-hydrogen) atoms. The molecule has 0 aliphatic rings. The van der Waals surface area contributed by atoms with Crippen LogP contribution in [0.15, 0.2) is 34.2 Å². The highest BCUT2D eigenvalue weighted by Crippen LogP contribution is 2.33. The molecule has 1 atom stereocenters. The first-order valence-corrected chi connectivity index (χ1v) is 7.29. The van der Waals surface area contributed by atoms with Crippen LogP contribution in [0.3, 0.4) is 0 Å². The van der Waals surface area contributed by atoms with Gasteiger partial charge in [0.05, 0.1) is 6.04 Å². The van der Waals surface area contributed by atoms with Gasteiger partial charge in [-0.05, 0) is 52.5 Å². The van der Waals surface area contributed by atoms with Crippen LogP contribution < -0.4 is 5.32 Å². The van der Waals surface area contributed by atoms with Crippen LogP contribution in [0, 0.1) is 6.92 Å². The monoisotopic (exact) mass is 310 g/mol. The fourth-order valence-corrected chi connectivity index (χ4v) is 3.56. The molecule has 2 nitrogen and oxygen atoms in total. The molecule has 0 aromatic carbocycles. The highest BCUT2D eigenvalue weighted by Gasteiger charge is 2.18. The maximum Gasteiger partial charge on any atom is 0.0700 e. The van der Waals surface area contributed by atoms with Gasteiger partial charge < -0.3 is 5.32 Å². The second-order valence-corrected chi connectivity index (χ2v) is 5.60. The lowest BCUT2D eigenvalue weighted by Gasteiger charge is -2.19. The number of nitrogens with zero attached hydrogens (tertiary/aromatic N) is 1. The molecule has 2 aromatic heterocycles. The fraction of sp³-hybridized carbons (Fsp3) is 0.308. The van der Waals surface area contributed by atoms with Gasteiger partial charge in [-0.25, -0.2) is 0 Å². The molecule has 0 radical (unpaired) electrons. The summed E-state index contributed by atoms with van der Waals surface area (Å²) >= 11 is 5.37. The first-order valence-electron chi connectivity index (χ1n) is 5.61. The maximum absolute atomic E-state index is 4.37. The molecule has 1 unspecified atom stereocenters. The predicted octanol–water partition coefficient (Wildman–Crippen LogP) is 3.91. The van der Waals surface area contributed by atoms with E-state index < -0.39 is 0 Å². The molecule has 0 amide bonds. The molecule has 0 spiro atoms. The third-order valence-electron chi connectivity index (χ3n) is 2.67. The highest BCUT2D eigenvalue weighted by molar-refractivity contribution is 9.10. The van der Waals surface area contributed by atoms with Gasteiger partial charge >= 0.3 is 0 Å². The minimum Gasteiger partial charge on any atom is -0.306 e. The van der Waals surface area contributed by atoms with Crippen LogP contribution in [0.1, 0.15) is 29.1 Å². The van der Waals surface area contributed by atoms with Gasteiger partial charge in [0, 0.05) is 21.2 Å². The Hall–Kier alpha value is -0.710. The molecule has 0 aliphatic carbocycles. The SMILES string of the molecule is CCNC(c1cccnc1C)c1sccc1Br. The van der Waals surface area contributed by atoms with E-state index in [0.717, 1.165) is 16.7 Å². The van der Waals surface area contributed by atoms with Crippen molar-refractivity contribution in [3.05, 3.63) is 50.4 Å². The van der Waals surface area contributed by atoms with E-state index >= 15 is 0 Å². The van der Waals surface area contributed by atoms with Crippen LogP contribution in [0.5, 0.6) is 0 Å². The number of thiophene rings is 1. The summed E-state index contributed by atoms with van der Waals surface area (Å²) in [5, 5.41) is 5.63. The Morgan fingerprint density at radius 2 is 2.29 bits per heavy atom. The molecule has 0 bridgehead atoms. The predicted molar refractivity (Wildman–Crippen MR) is 76.5 cm³/mol. The second kappa shape index (κ2) is 5.76. The largest absolute Gasteiger partial charge is 0.306 e. The number of rotatable bonds is 4. The van der Waals surface area contributed by atoms with E-state index in [9.17, 15) is 0 Å². The molecular weight excluding hydrogens is 296 g/mol. The van der Waals surface area contributed by atoms with Crippen LogP contribution in [0.25, 0.3) is 0 Å². The van der Waals surface area contributed by atoms with Crippen molar-refractivity contribution in [3.63, 3.8) is 0 Å². The molecule has 0 aliphatic heterocycles. The zero-order valence-corrected chi connectivity index (χ0v) is 12.3. The standard InChI is InChI=1S/C13H15BrN2S/c1-3-15-12(13-11(14)6-8-17-13)10-5-4-7-16-9(10)2/h4-8,12,15H,3H2,1-2H3. The summed E-state index contributed by atoms with van der Waals surface area (Å²) in [5.74, 6) is 0. The molecular formula is C13H15BrN2S. The fourth-order valence-electron chi connectivity index (χ4n) is 1.86. The molecule has 0 fully saturated rings. The van der Waals surface area contributed by atoms with Crippen molar-refractivity contribution in [1.29, 1.82) is 0 Å². The van der Waals surface area contributed by atoms with Crippen LogP contribution in [-0.4, -0.2) is 11.5 Å². The Labute approximate surface area is 114 Å². The van der Waals surface area contributed by atoms with Gasteiger partial charge in [-0.3, -0.25) is 4.98 Å². The lowest BCUT2D eigenvalue weighted by molar-refractivity contribution is 0.632. The van der Waals surface area contributed by atoms with Crippen molar-refractivity contribution < 1.29 is 0 Å². The minimum atomic E-state index is 0.225. The lowest BCUT2D eigenvalue weighted by atomic mass is 10.0. The maximum atomic E-state index is 4.37. The number of hydrogen-bond donors (Lipinski definition) is 1. The number of pyridine rings is 1. The van der Waals surface area contributed by atoms with Crippen molar-refractivity contribution >= 4 is 27.3 Å². The van der Waals surface area contributed by atoms with Gasteiger partial charge in [-0.15, -0.1) is 11.3 Å². The topological polar surface area (TPSA) is 24.9 Å². The molecule has 2 rings (SSSR count). The molecule has 0 saturated heterocycles. The first kappa shape index (κ1) is 12.7. The van der Waals surface area contributed by atoms with Crippen LogP contribution in [-0.2, 0) is 0 Å². The van der Waals surface area contributed by atoms with E-state index in [1.165, 1.54) is 10.4 Å². The Morgan fingerprint density at radius 3 is 2.88 bits per heavy atom. The smallest absolute Gasteiger partial charge is 0.0700 e. The molecule has 2 heterocycles. The summed E-state index contributed by atoms with van der Waals surface area (Å²) in [6, 6.07) is 6.45. The third kappa shape index (κ3) is 2.76. The molecule has 1 N–H and O–H groups in total. The number of nitrogens with one attached hydrogen (secondary N) is 1. The van der Waals surface area contributed by atoms with E-state index in [-0.39, 0.29) is 6.04 Å². The van der Waals surface area contributed by atoms with E-state index in [1.54, 1.807) is 11.3 Å². The lowest BCUT2D eigenvalue weighted by Crippen LogP contribution is -2.22. The normalized spacial score (nSPS) is 12.6. The third-order valence-corrected chi connectivity index (χ3v) is 4.61. The summed E-state index contributed by atoms with van der Waals surface area (Å²) in [5.41, 5.74) is 2.33. The van der Waals surface area contributed by atoms with Crippen LogP contribution in [0.4, 0.5) is 0 Å². The zero-order chi connectivity index (χ0) is 12.3. The van der Waals surface area contributed by atoms with E-state index in [0.29, 0.717) is 0 Å². The van der Waals surface area contributed by atoms with E-state index in [4.69, 9.17) is 0 Å². The van der Waals surface area contributed by atoms with Gasteiger partial charge in [-0.2, -0.15) is 0 Å². The summed E-state index contributed by atoms with van der Waals surface area (Å²) in [6.45, 7) is 5.12. The zero-order valence-electron chi connectivity index (χ0n) is 9.90. The minimum absolute atomic E-state index is 0.225. The first-order chi connectivity index (χ1) is 8.24. The number of halogens is 1. The van der Waals surface area contributed by atoms with Crippen LogP contribution >= 0.6 is 27.3 Å². The summed E-state index contributed by atoms with van der Waals surface area (Å²) in [6.07, 6.45) is 1.84. The highest BCUT2D eigenvalue weighted by atomic mass is 79.9. The quantitative estimate of drug-likeness (QED) is 0.926. The molecule has 90 valence electrons. The average molecular weight is 311 g/mol. The number of aryl methyl sites for hydroxylation is 1. The molecule has 0 saturated carbocycles. The summed E-state index contributed by atoms with van der Waals surface area (Å²) < 4.78 is 1.16. The Kier molecular flexibility index (Phi) is 4.31. The Balaban J connectivity index is 2.43. The second-order valence-electron chi connectivity index (χ2n) is 3.80. The van der Waals surface area contributed by atoms with Gasteiger partial charge in [0.1, 0.15) is 0 Å². The van der Waals surface area contributed by atoms with Crippen molar-refractivity contribution in [2.45, 2.75) is 19.9 Å². The number of aromatic nitrogens is 1. The van der Waals surface area contributed by atoms with Gasteiger partial charge in [-0.1, -0.05) is 13.0 Å². The summed E-state index contributed by atoms with van der Waals surface area (Å²) in [7, 11) is 0. The van der Waals surface area contributed by atoms with Crippen molar-refractivity contribution in [2.75, 3.05) is 6.54 Å². The van der Waals surface area contributed by atoms with Gasteiger partial charge in [0.25, 0.3) is 0 Å². The molecule has 2 aromatic rings. The van der Waals surface area contributed by atoms with Gasteiger partial charge in [0.2, 0.25) is 0 Å². The van der Waals surface area contributed by atoms with E-state index in [1.807, 2.05) is 12.3 Å². The summed E-state index contributed by atoms with van der Waals surface area (Å²) in [4.78, 5) is 5.68. The van der Waals surface area contributed by atoms with Crippen molar-refractivity contribution in [2.24, 2.45) is 0 Å². The Bertz CT molecular complexity index is 496. The Morgan fingerprint density at radius 1 is 1.47 bits per heavy atom. The molecule has 4 heteroatoms.